The summed E-state index contributed by atoms with van der Waals surface area (Å²) in [6.07, 6.45) is 4.16. The van der Waals surface area contributed by atoms with Crippen LogP contribution in [0.15, 0.2) is 48.5 Å². The van der Waals surface area contributed by atoms with E-state index in [-0.39, 0.29) is 0 Å². The van der Waals surface area contributed by atoms with Crippen LogP contribution in [-0.4, -0.2) is 15.8 Å². The molecule has 4 atom stereocenters. The van der Waals surface area contributed by atoms with E-state index in [1.807, 2.05) is 12.1 Å². The molecule has 2 aliphatic carbocycles. The summed E-state index contributed by atoms with van der Waals surface area (Å²) in [5, 5.41) is 23.3. The van der Waals surface area contributed by atoms with Gasteiger partial charge in [0, 0.05) is 5.38 Å². The predicted molar refractivity (Wildman–Crippen MR) is 104 cm³/mol. The van der Waals surface area contributed by atoms with Crippen molar-refractivity contribution in [3.05, 3.63) is 65.2 Å². The van der Waals surface area contributed by atoms with E-state index in [4.69, 9.17) is 11.6 Å². The summed E-state index contributed by atoms with van der Waals surface area (Å²) in [5.74, 6) is 4.27. The molecule has 4 rings (SSSR count). The zero-order valence-corrected chi connectivity index (χ0v) is 15.4. The lowest BCUT2D eigenvalue weighted by molar-refractivity contribution is -0.00579. The maximum absolute atomic E-state index is 11.1. The Labute approximate surface area is 159 Å². The fourth-order valence-electron chi connectivity index (χ4n) is 5.16. The van der Waals surface area contributed by atoms with E-state index in [1.165, 1.54) is 16.7 Å². The molecule has 3 heteroatoms. The highest BCUT2D eigenvalue weighted by atomic mass is 35.5. The van der Waals surface area contributed by atoms with Crippen LogP contribution in [0.1, 0.15) is 41.9 Å². The first-order valence-electron chi connectivity index (χ1n) is 9.29. The van der Waals surface area contributed by atoms with Gasteiger partial charge in [0.15, 0.2) is 0 Å². The zero-order chi connectivity index (χ0) is 18.1. The Morgan fingerprint density at radius 1 is 1.12 bits per heavy atom. The van der Waals surface area contributed by atoms with Gasteiger partial charge in [-0.2, -0.15) is 0 Å². The zero-order valence-electron chi connectivity index (χ0n) is 14.7. The molecule has 1 saturated carbocycles. The average molecular weight is 367 g/mol. The molecule has 0 saturated heterocycles. The smallest absolute Gasteiger partial charge is 0.127 e. The normalized spacial score (nSPS) is 29.8. The van der Waals surface area contributed by atoms with Crippen LogP contribution in [0.3, 0.4) is 0 Å². The van der Waals surface area contributed by atoms with Crippen LogP contribution in [0, 0.1) is 23.1 Å². The van der Waals surface area contributed by atoms with Crippen LogP contribution in [0.25, 0.3) is 0 Å². The van der Waals surface area contributed by atoms with E-state index >= 15 is 0 Å². The lowest BCUT2D eigenvalue weighted by Crippen LogP contribution is -2.44. The lowest BCUT2D eigenvalue weighted by Gasteiger charge is -2.47. The lowest BCUT2D eigenvalue weighted by atomic mass is 9.58. The predicted octanol–water partition coefficient (Wildman–Crippen LogP) is 4.62. The molecular formula is C23H23ClO2. The molecule has 1 fully saturated rings. The molecule has 0 aromatic heterocycles. The first-order chi connectivity index (χ1) is 12.6. The van der Waals surface area contributed by atoms with Gasteiger partial charge in [-0.3, -0.25) is 0 Å². The molecule has 0 heterocycles. The van der Waals surface area contributed by atoms with Gasteiger partial charge in [0.1, 0.15) is 11.4 Å². The summed E-state index contributed by atoms with van der Waals surface area (Å²) in [7, 11) is 0. The highest BCUT2D eigenvalue weighted by Crippen LogP contribution is 2.52. The standard InChI is InChI=1S/C23H23ClO2/c24-11-10-23(26)14-18-7-6-17-13-20(25)8-9-21(17)22(18)19(15-23)12-16-4-2-1-3-5-16/h1-5,8-9,13,18-19,22,25-26H,6-7,12,14-15H2/t18-,19-,22?,23-/m1/s1. The summed E-state index contributed by atoms with van der Waals surface area (Å²) >= 11 is 5.66. The van der Waals surface area contributed by atoms with Gasteiger partial charge in [0.05, 0.1) is 0 Å². The minimum absolute atomic E-state index is 0.294. The first-order valence-corrected chi connectivity index (χ1v) is 9.67. The summed E-state index contributed by atoms with van der Waals surface area (Å²) in [6.45, 7) is 0. The monoisotopic (exact) mass is 366 g/mol. The number of fused-ring (bicyclic) bond motifs is 3. The summed E-state index contributed by atoms with van der Waals surface area (Å²) < 4.78 is 0. The second-order valence-electron chi connectivity index (χ2n) is 7.82. The maximum atomic E-state index is 11.1. The maximum Gasteiger partial charge on any atom is 0.127 e. The molecule has 0 radical (unpaired) electrons. The van der Waals surface area contributed by atoms with Crippen molar-refractivity contribution in [2.75, 3.05) is 0 Å². The number of aryl methyl sites for hydroxylation is 1. The van der Waals surface area contributed by atoms with Crippen molar-refractivity contribution in [1.29, 1.82) is 0 Å². The van der Waals surface area contributed by atoms with Gasteiger partial charge >= 0.3 is 0 Å². The number of hydrogen-bond acceptors (Lipinski definition) is 2. The number of aromatic hydroxyl groups is 1. The molecule has 26 heavy (non-hydrogen) atoms. The quantitative estimate of drug-likeness (QED) is 0.761. The minimum Gasteiger partial charge on any atom is -0.508 e. The Kier molecular flexibility index (Phi) is 4.69. The Balaban J connectivity index is 1.73. The Bertz CT molecular complexity index is 852. The number of rotatable bonds is 2. The number of aliphatic hydroxyl groups is 1. The Morgan fingerprint density at radius 3 is 2.69 bits per heavy atom. The Morgan fingerprint density at radius 2 is 1.92 bits per heavy atom. The van der Waals surface area contributed by atoms with Crippen molar-refractivity contribution in [2.24, 2.45) is 11.8 Å². The highest BCUT2D eigenvalue weighted by molar-refractivity contribution is 6.30. The molecule has 0 aliphatic heterocycles. The minimum atomic E-state index is -1.00. The fraction of sp³-hybridized carbons (Fsp3) is 0.391. The number of benzene rings is 2. The van der Waals surface area contributed by atoms with Crippen molar-refractivity contribution in [1.82, 2.24) is 0 Å². The van der Waals surface area contributed by atoms with Gasteiger partial charge in [-0.25, -0.2) is 0 Å². The fourth-order valence-corrected chi connectivity index (χ4v) is 5.34. The molecule has 134 valence electrons. The largest absolute Gasteiger partial charge is 0.508 e. The van der Waals surface area contributed by atoms with Crippen molar-refractivity contribution in [2.45, 2.75) is 43.6 Å². The van der Waals surface area contributed by atoms with Gasteiger partial charge in [0.25, 0.3) is 0 Å². The molecule has 2 aromatic carbocycles. The van der Waals surface area contributed by atoms with Crippen LogP contribution in [0.2, 0.25) is 0 Å². The number of hydrogen-bond donors (Lipinski definition) is 2. The number of halogens is 1. The van der Waals surface area contributed by atoms with Gasteiger partial charge in [-0.1, -0.05) is 42.3 Å². The van der Waals surface area contributed by atoms with Crippen LogP contribution in [-0.2, 0) is 12.8 Å². The van der Waals surface area contributed by atoms with E-state index in [9.17, 15) is 10.2 Å². The van der Waals surface area contributed by atoms with Crippen molar-refractivity contribution in [3.8, 4) is 17.0 Å². The molecule has 2 N–H and O–H groups in total. The van der Waals surface area contributed by atoms with Crippen LogP contribution in [0.5, 0.6) is 5.75 Å². The molecule has 0 bridgehead atoms. The van der Waals surface area contributed by atoms with E-state index in [1.54, 1.807) is 6.07 Å². The third kappa shape index (κ3) is 3.34. The van der Waals surface area contributed by atoms with Gasteiger partial charge < -0.3 is 10.2 Å². The molecule has 2 aromatic rings. The topological polar surface area (TPSA) is 40.5 Å². The average Bonchev–Trinajstić information content (AvgIpc) is 2.62. The Hall–Kier alpha value is -1.95. The van der Waals surface area contributed by atoms with Crippen molar-refractivity contribution >= 4 is 11.6 Å². The molecular weight excluding hydrogens is 344 g/mol. The van der Waals surface area contributed by atoms with Gasteiger partial charge in [0.2, 0.25) is 0 Å². The van der Waals surface area contributed by atoms with E-state index in [0.29, 0.717) is 36.3 Å². The molecule has 0 amide bonds. The number of phenols is 1. The van der Waals surface area contributed by atoms with Crippen molar-refractivity contribution < 1.29 is 10.2 Å². The van der Waals surface area contributed by atoms with Crippen LogP contribution >= 0.6 is 11.6 Å². The summed E-state index contributed by atoms with van der Waals surface area (Å²) in [4.78, 5) is 0. The molecule has 0 spiro atoms. The molecule has 2 nitrogen and oxygen atoms in total. The first kappa shape index (κ1) is 17.5. The molecule has 1 unspecified atom stereocenters. The van der Waals surface area contributed by atoms with Crippen LogP contribution < -0.4 is 0 Å². The third-order valence-electron chi connectivity index (χ3n) is 6.11. The highest BCUT2D eigenvalue weighted by Gasteiger charge is 2.46. The summed E-state index contributed by atoms with van der Waals surface area (Å²) in [5.41, 5.74) is 2.86. The SMILES string of the molecule is Oc1ccc2c(c1)CC[C@@H]1C[C@](O)(C#CCl)C[C@@H](Cc3ccccc3)C21. The summed E-state index contributed by atoms with van der Waals surface area (Å²) in [6, 6.07) is 16.2. The second-order valence-corrected chi connectivity index (χ2v) is 8.01. The van der Waals surface area contributed by atoms with Gasteiger partial charge in [-0.05, 0) is 90.3 Å². The van der Waals surface area contributed by atoms with E-state index < -0.39 is 5.60 Å². The van der Waals surface area contributed by atoms with Gasteiger partial charge in [-0.15, -0.1) is 0 Å². The third-order valence-corrected chi connectivity index (χ3v) is 6.20. The second kappa shape index (κ2) is 6.99. The van der Waals surface area contributed by atoms with Crippen molar-refractivity contribution in [3.63, 3.8) is 0 Å². The van der Waals surface area contributed by atoms with Crippen LogP contribution in [0.4, 0.5) is 0 Å². The van der Waals surface area contributed by atoms with E-state index in [2.05, 4.69) is 41.6 Å². The van der Waals surface area contributed by atoms with E-state index in [0.717, 1.165) is 19.3 Å². The molecule has 2 aliphatic rings. The number of phenolic OH excluding ortho intramolecular Hbond substituents is 1.